The molecule has 0 atom stereocenters. The summed E-state index contributed by atoms with van der Waals surface area (Å²) in [6.07, 6.45) is -0.00486. The van der Waals surface area contributed by atoms with E-state index in [1.54, 1.807) is 4.90 Å². The van der Waals surface area contributed by atoms with Gasteiger partial charge in [-0.15, -0.1) is 0 Å². The lowest BCUT2D eigenvalue weighted by molar-refractivity contribution is -0.138. The highest BCUT2D eigenvalue weighted by molar-refractivity contribution is 5.79. The fourth-order valence-corrected chi connectivity index (χ4v) is 1.14. The molecule has 0 aromatic carbocycles. The van der Waals surface area contributed by atoms with E-state index in [-0.39, 0.29) is 31.0 Å². The van der Waals surface area contributed by atoms with Gasteiger partial charge < -0.3 is 15.3 Å². The number of aliphatic carboxylic acids is 1. The summed E-state index contributed by atoms with van der Waals surface area (Å²) in [4.78, 5) is 23.7. The highest BCUT2D eigenvalue weighted by Gasteiger charge is 2.16. The number of rotatable bonds is 6. The molecule has 5 nitrogen and oxygen atoms in total. The molecule has 0 aliphatic carbocycles. The number of nitrogens with one attached hydrogen (secondary N) is 1. The second-order valence-corrected chi connectivity index (χ2v) is 4.72. The van der Waals surface area contributed by atoms with Gasteiger partial charge in [0.1, 0.15) is 0 Å². The van der Waals surface area contributed by atoms with E-state index in [1.807, 2.05) is 27.7 Å². The summed E-state index contributed by atoms with van der Waals surface area (Å²) in [5.74, 6) is -0.936. The number of carbonyl (C=O) groups excluding carboxylic acids is 1. The quantitative estimate of drug-likeness (QED) is 0.704. The minimum atomic E-state index is -0.880. The van der Waals surface area contributed by atoms with Crippen LogP contribution >= 0.6 is 0 Å². The lowest BCUT2D eigenvalue weighted by atomic mass is 10.1. The van der Waals surface area contributed by atoms with Gasteiger partial charge in [-0.3, -0.25) is 9.59 Å². The van der Waals surface area contributed by atoms with Gasteiger partial charge >= 0.3 is 5.97 Å². The molecule has 0 fully saturated rings. The Bertz CT molecular complexity index is 246. The molecule has 0 bridgehead atoms. The van der Waals surface area contributed by atoms with Gasteiger partial charge in [0, 0.05) is 18.6 Å². The van der Waals surface area contributed by atoms with Gasteiger partial charge in [-0.2, -0.15) is 0 Å². The van der Waals surface area contributed by atoms with Gasteiger partial charge in [0.15, 0.2) is 0 Å². The second-order valence-electron chi connectivity index (χ2n) is 4.72. The van der Waals surface area contributed by atoms with Crippen LogP contribution in [0, 0.1) is 0 Å². The summed E-state index contributed by atoms with van der Waals surface area (Å²) in [5, 5.41) is 11.6. The van der Waals surface area contributed by atoms with Crippen molar-refractivity contribution in [3.05, 3.63) is 0 Å². The molecule has 16 heavy (non-hydrogen) atoms. The fourth-order valence-electron chi connectivity index (χ4n) is 1.14. The zero-order valence-corrected chi connectivity index (χ0v) is 10.5. The number of nitrogens with zero attached hydrogens (tertiary/aromatic N) is 1. The van der Waals surface area contributed by atoms with E-state index < -0.39 is 5.97 Å². The summed E-state index contributed by atoms with van der Waals surface area (Å²) in [6, 6.07) is 0. The smallest absolute Gasteiger partial charge is 0.305 e. The van der Waals surface area contributed by atoms with Crippen molar-refractivity contribution in [2.24, 2.45) is 0 Å². The Morgan fingerprint density at radius 2 is 1.88 bits per heavy atom. The molecule has 2 N–H and O–H groups in total. The van der Waals surface area contributed by atoms with Crippen molar-refractivity contribution < 1.29 is 14.7 Å². The topological polar surface area (TPSA) is 69.6 Å². The first-order valence-electron chi connectivity index (χ1n) is 5.51. The normalized spacial score (nSPS) is 11.2. The van der Waals surface area contributed by atoms with E-state index in [0.717, 1.165) is 0 Å². The molecule has 0 heterocycles. The molecule has 94 valence electrons. The molecule has 0 radical (unpaired) electrons. The maximum atomic E-state index is 11.7. The van der Waals surface area contributed by atoms with Gasteiger partial charge in [-0.1, -0.05) is 0 Å². The first-order chi connectivity index (χ1) is 7.26. The lowest BCUT2D eigenvalue weighted by Gasteiger charge is -2.24. The summed E-state index contributed by atoms with van der Waals surface area (Å²) in [7, 11) is 0. The minimum Gasteiger partial charge on any atom is -0.481 e. The van der Waals surface area contributed by atoms with Crippen LogP contribution in [0.5, 0.6) is 0 Å². The average molecular weight is 230 g/mol. The highest BCUT2D eigenvalue weighted by atomic mass is 16.4. The van der Waals surface area contributed by atoms with E-state index in [1.165, 1.54) is 0 Å². The number of amides is 1. The van der Waals surface area contributed by atoms with Crippen LogP contribution in [0.3, 0.4) is 0 Å². The zero-order valence-electron chi connectivity index (χ0n) is 10.5. The summed E-state index contributed by atoms with van der Waals surface area (Å²) in [5.41, 5.74) is -0.109. The maximum Gasteiger partial charge on any atom is 0.305 e. The number of carbonyl (C=O) groups is 2. The largest absolute Gasteiger partial charge is 0.481 e. The third-order valence-electron chi connectivity index (χ3n) is 2.10. The molecule has 1 amide bonds. The molecule has 0 aliphatic rings. The minimum absolute atomic E-state index is 0.00486. The molecule has 0 rings (SSSR count). The van der Waals surface area contributed by atoms with Crippen molar-refractivity contribution in [3.63, 3.8) is 0 Å². The van der Waals surface area contributed by atoms with Gasteiger partial charge in [0.05, 0.1) is 13.0 Å². The molecule has 0 aromatic heterocycles. The monoisotopic (exact) mass is 230 g/mol. The van der Waals surface area contributed by atoms with Gasteiger partial charge in [-0.05, 0) is 27.7 Å². The van der Waals surface area contributed by atoms with E-state index >= 15 is 0 Å². The van der Waals surface area contributed by atoms with Crippen LogP contribution in [0.15, 0.2) is 0 Å². The second kappa shape index (κ2) is 6.48. The predicted molar refractivity (Wildman–Crippen MR) is 62.3 cm³/mol. The SMILES string of the molecule is CCN(CCC(=O)O)C(=O)CNC(C)(C)C. The number of carboxylic acids is 1. The fraction of sp³-hybridized carbons (Fsp3) is 0.818. The first kappa shape index (κ1) is 14.9. The van der Waals surface area contributed by atoms with Crippen LogP contribution in [-0.4, -0.2) is 47.1 Å². The Kier molecular flexibility index (Phi) is 6.03. The van der Waals surface area contributed by atoms with Crippen molar-refractivity contribution in [1.82, 2.24) is 10.2 Å². The van der Waals surface area contributed by atoms with Gasteiger partial charge in [-0.25, -0.2) is 0 Å². The number of hydrogen-bond acceptors (Lipinski definition) is 3. The van der Waals surface area contributed by atoms with Crippen molar-refractivity contribution in [1.29, 1.82) is 0 Å². The predicted octanol–water partition coefficient (Wildman–Crippen LogP) is 0.698. The number of hydrogen-bond donors (Lipinski definition) is 2. The molecule has 0 aromatic rings. The van der Waals surface area contributed by atoms with E-state index in [4.69, 9.17) is 5.11 Å². The average Bonchev–Trinajstić information content (AvgIpc) is 2.14. The van der Waals surface area contributed by atoms with Crippen molar-refractivity contribution in [2.75, 3.05) is 19.6 Å². The van der Waals surface area contributed by atoms with Crippen molar-refractivity contribution >= 4 is 11.9 Å². The maximum absolute atomic E-state index is 11.7. The zero-order chi connectivity index (χ0) is 12.8. The van der Waals surface area contributed by atoms with Crippen molar-refractivity contribution in [3.8, 4) is 0 Å². The van der Waals surface area contributed by atoms with Crippen LogP contribution in [0.1, 0.15) is 34.1 Å². The van der Waals surface area contributed by atoms with Crippen LogP contribution in [0.2, 0.25) is 0 Å². The Labute approximate surface area is 96.8 Å². The standard InChI is InChI=1S/C11H22N2O3/c1-5-13(7-6-10(15)16)9(14)8-12-11(2,3)4/h12H,5-8H2,1-4H3,(H,15,16). The third kappa shape index (κ3) is 7.23. The lowest BCUT2D eigenvalue weighted by Crippen LogP contribution is -2.45. The molecule has 0 spiro atoms. The van der Waals surface area contributed by atoms with E-state index in [0.29, 0.717) is 6.54 Å². The van der Waals surface area contributed by atoms with Crippen molar-refractivity contribution in [2.45, 2.75) is 39.7 Å². The van der Waals surface area contributed by atoms with Crippen LogP contribution < -0.4 is 5.32 Å². The summed E-state index contributed by atoms with van der Waals surface area (Å²) < 4.78 is 0. The molecular weight excluding hydrogens is 208 g/mol. The van der Waals surface area contributed by atoms with Gasteiger partial charge in [0.2, 0.25) is 5.91 Å². The number of likely N-dealkylation sites (N-methyl/N-ethyl adjacent to an activating group) is 1. The molecule has 0 aliphatic heterocycles. The van der Waals surface area contributed by atoms with Gasteiger partial charge in [0.25, 0.3) is 0 Å². The number of carboxylic acid groups (broad SMARTS) is 1. The Balaban J connectivity index is 4.06. The van der Waals surface area contributed by atoms with Crippen LogP contribution in [-0.2, 0) is 9.59 Å². The molecule has 0 unspecified atom stereocenters. The Hall–Kier alpha value is -1.10. The van der Waals surface area contributed by atoms with Crippen LogP contribution in [0.4, 0.5) is 0 Å². The van der Waals surface area contributed by atoms with Crippen LogP contribution in [0.25, 0.3) is 0 Å². The summed E-state index contributed by atoms with van der Waals surface area (Å²) in [6.45, 7) is 8.84. The Morgan fingerprint density at radius 1 is 1.31 bits per heavy atom. The molecular formula is C11H22N2O3. The Morgan fingerprint density at radius 3 is 2.25 bits per heavy atom. The van der Waals surface area contributed by atoms with E-state index in [9.17, 15) is 9.59 Å². The molecule has 0 saturated heterocycles. The third-order valence-corrected chi connectivity index (χ3v) is 2.10. The summed E-state index contributed by atoms with van der Waals surface area (Å²) >= 11 is 0. The first-order valence-corrected chi connectivity index (χ1v) is 5.51. The highest BCUT2D eigenvalue weighted by Crippen LogP contribution is 1.99. The molecule has 0 saturated carbocycles. The molecule has 5 heteroatoms. The van der Waals surface area contributed by atoms with E-state index in [2.05, 4.69) is 5.32 Å².